The lowest BCUT2D eigenvalue weighted by Gasteiger charge is -2.36. The molecule has 0 aromatic rings. The molecule has 1 unspecified atom stereocenters. The summed E-state index contributed by atoms with van der Waals surface area (Å²) >= 11 is 0. The lowest BCUT2D eigenvalue weighted by Crippen LogP contribution is -2.42. The lowest BCUT2D eigenvalue weighted by molar-refractivity contribution is 0.0490. The first kappa shape index (κ1) is 13.9. The second-order valence-electron chi connectivity index (χ2n) is 5.15. The van der Waals surface area contributed by atoms with E-state index in [0.29, 0.717) is 6.61 Å². The van der Waals surface area contributed by atoms with Gasteiger partial charge in [0, 0.05) is 12.6 Å². The van der Waals surface area contributed by atoms with Crippen molar-refractivity contribution >= 4 is 0 Å². The molecule has 1 saturated heterocycles. The minimum absolute atomic E-state index is 0.134. The summed E-state index contributed by atoms with van der Waals surface area (Å²) in [6.45, 7) is 8.22. The third-order valence-corrected chi connectivity index (χ3v) is 3.25. The molecule has 16 heavy (non-hydrogen) atoms. The second kappa shape index (κ2) is 8.04. The Morgan fingerprint density at radius 1 is 1.31 bits per heavy atom. The van der Waals surface area contributed by atoms with Crippen molar-refractivity contribution in [3.8, 4) is 0 Å². The molecule has 1 atom stereocenters. The van der Waals surface area contributed by atoms with Crippen molar-refractivity contribution in [1.29, 1.82) is 0 Å². The van der Waals surface area contributed by atoms with Gasteiger partial charge >= 0.3 is 0 Å². The number of hydrogen-bond donors (Lipinski definition) is 1. The topological polar surface area (TPSA) is 32.7 Å². The fourth-order valence-electron chi connectivity index (χ4n) is 2.51. The van der Waals surface area contributed by atoms with E-state index >= 15 is 0 Å². The Labute approximate surface area is 99.8 Å². The standard InChI is InChI=1S/C13H27NO2/c1-12(2)11-13-5-3-4-6-14(13)7-9-16-10-8-15/h12-13,15H,3-11H2,1-2H3. The lowest BCUT2D eigenvalue weighted by atomic mass is 9.94. The van der Waals surface area contributed by atoms with Crippen molar-refractivity contribution < 1.29 is 9.84 Å². The Balaban J connectivity index is 2.23. The SMILES string of the molecule is CC(C)CC1CCCCN1CCOCCO. The molecule has 0 bridgehead atoms. The van der Waals surface area contributed by atoms with Crippen LogP contribution >= 0.6 is 0 Å². The highest BCUT2D eigenvalue weighted by atomic mass is 16.5. The third kappa shape index (κ3) is 5.28. The smallest absolute Gasteiger partial charge is 0.0698 e. The normalized spacial score (nSPS) is 22.9. The summed E-state index contributed by atoms with van der Waals surface area (Å²) in [4.78, 5) is 2.57. The number of ether oxygens (including phenoxy) is 1. The Bertz CT molecular complexity index is 173. The molecule has 0 radical (unpaired) electrons. The Morgan fingerprint density at radius 3 is 2.81 bits per heavy atom. The molecule has 0 spiro atoms. The Kier molecular flexibility index (Phi) is 7.01. The highest BCUT2D eigenvalue weighted by molar-refractivity contribution is 4.77. The van der Waals surface area contributed by atoms with E-state index in [-0.39, 0.29) is 6.61 Å². The molecule has 0 aromatic carbocycles. The van der Waals surface area contributed by atoms with Crippen molar-refractivity contribution in [3.63, 3.8) is 0 Å². The average molecular weight is 229 g/mol. The van der Waals surface area contributed by atoms with Gasteiger partial charge in [-0.25, -0.2) is 0 Å². The molecule has 1 N–H and O–H groups in total. The highest BCUT2D eigenvalue weighted by Gasteiger charge is 2.22. The molecule has 0 aliphatic carbocycles. The van der Waals surface area contributed by atoms with Crippen LogP contribution in [0.3, 0.4) is 0 Å². The number of likely N-dealkylation sites (tertiary alicyclic amines) is 1. The predicted molar refractivity (Wildman–Crippen MR) is 66.6 cm³/mol. The van der Waals surface area contributed by atoms with Gasteiger partial charge in [-0.2, -0.15) is 0 Å². The maximum atomic E-state index is 8.64. The Morgan fingerprint density at radius 2 is 2.12 bits per heavy atom. The molecule has 0 amide bonds. The van der Waals surface area contributed by atoms with Crippen LogP contribution in [0.15, 0.2) is 0 Å². The molecule has 3 heteroatoms. The first-order valence-corrected chi connectivity index (χ1v) is 6.66. The minimum Gasteiger partial charge on any atom is -0.394 e. The van der Waals surface area contributed by atoms with Gasteiger partial charge < -0.3 is 9.84 Å². The second-order valence-corrected chi connectivity index (χ2v) is 5.15. The van der Waals surface area contributed by atoms with Gasteiger partial charge in [0.1, 0.15) is 0 Å². The van der Waals surface area contributed by atoms with Crippen molar-refractivity contribution in [2.24, 2.45) is 5.92 Å². The first-order chi connectivity index (χ1) is 7.74. The van der Waals surface area contributed by atoms with Gasteiger partial charge in [0.25, 0.3) is 0 Å². The van der Waals surface area contributed by atoms with E-state index in [1.807, 2.05) is 0 Å². The van der Waals surface area contributed by atoms with E-state index in [1.54, 1.807) is 0 Å². The number of hydrogen-bond acceptors (Lipinski definition) is 3. The summed E-state index contributed by atoms with van der Waals surface area (Å²) < 4.78 is 5.35. The summed E-state index contributed by atoms with van der Waals surface area (Å²) in [5.41, 5.74) is 0. The fourth-order valence-corrected chi connectivity index (χ4v) is 2.51. The van der Waals surface area contributed by atoms with E-state index < -0.39 is 0 Å². The van der Waals surface area contributed by atoms with Crippen molar-refractivity contribution in [2.45, 2.75) is 45.6 Å². The first-order valence-electron chi connectivity index (χ1n) is 6.66. The molecule has 3 nitrogen and oxygen atoms in total. The number of rotatable bonds is 7. The van der Waals surface area contributed by atoms with Gasteiger partial charge in [-0.3, -0.25) is 4.90 Å². The van der Waals surface area contributed by atoms with Crippen LogP contribution in [0.1, 0.15) is 39.5 Å². The van der Waals surface area contributed by atoms with Crippen molar-refractivity contribution in [3.05, 3.63) is 0 Å². The monoisotopic (exact) mass is 229 g/mol. The van der Waals surface area contributed by atoms with E-state index in [0.717, 1.165) is 25.1 Å². The number of nitrogens with zero attached hydrogens (tertiary/aromatic N) is 1. The van der Waals surface area contributed by atoms with Crippen molar-refractivity contribution in [2.75, 3.05) is 32.9 Å². The quantitative estimate of drug-likeness (QED) is 0.677. The van der Waals surface area contributed by atoms with Gasteiger partial charge in [-0.15, -0.1) is 0 Å². The maximum Gasteiger partial charge on any atom is 0.0698 e. The average Bonchev–Trinajstić information content (AvgIpc) is 2.26. The highest BCUT2D eigenvalue weighted by Crippen LogP contribution is 2.22. The molecule has 1 aliphatic heterocycles. The summed E-state index contributed by atoms with van der Waals surface area (Å²) in [5.74, 6) is 0.781. The van der Waals surface area contributed by atoms with Gasteiger partial charge in [-0.05, 0) is 31.7 Å². The van der Waals surface area contributed by atoms with E-state index in [1.165, 1.54) is 32.2 Å². The van der Waals surface area contributed by atoms with Gasteiger partial charge in [0.15, 0.2) is 0 Å². The van der Waals surface area contributed by atoms with Gasteiger partial charge in [0.05, 0.1) is 19.8 Å². The molecule has 0 saturated carbocycles. The molecule has 0 aromatic heterocycles. The molecule has 96 valence electrons. The number of aliphatic hydroxyl groups is 1. The summed E-state index contributed by atoms with van der Waals surface area (Å²) in [6, 6.07) is 0.756. The zero-order valence-corrected chi connectivity index (χ0v) is 10.8. The zero-order chi connectivity index (χ0) is 11.8. The largest absolute Gasteiger partial charge is 0.394 e. The van der Waals surface area contributed by atoms with E-state index in [2.05, 4.69) is 18.7 Å². The van der Waals surface area contributed by atoms with Crippen molar-refractivity contribution in [1.82, 2.24) is 4.90 Å². The molecule has 1 rings (SSSR count). The van der Waals surface area contributed by atoms with Crippen LogP contribution < -0.4 is 0 Å². The molecular formula is C13H27NO2. The van der Waals surface area contributed by atoms with E-state index in [9.17, 15) is 0 Å². The minimum atomic E-state index is 0.134. The summed E-state index contributed by atoms with van der Waals surface area (Å²) in [6.07, 6.45) is 5.36. The fraction of sp³-hybridized carbons (Fsp3) is 1.00. The van der Waals surface area contributed by atoms with Gasteiger partial charge in [-0.1, -0.05) is 20.3 Å². The molecule has 1 aliphatic rings. The van der Waals surface area contributed by atoms with Crippen LogP contribution in [-0.4, -0.2) is 49.0 Å². The maximum absolute atomic E-state index is 8.64. The molecule has 1 heterocycles. The molecular weight excluding hydrogens is 202 g/mol. The van der Waals surface area contributed by atoms with Crippen LogP contribution in [0, 0.1) is 5.92 Å². The van der Waals surface area contributed by atoms with Crippen LogP contribution in [0.5, 0.6) is 0 Å². The third-order valence-electron chi connectivity index (χ3n) is 3.25. The predicted octanol–water partition coefficient (Wildman–Crippen LogP) is 1.90. The summed E-state index contributed by atoms with van der Waals surface area (Å²) in [5, 5.41) is 8.64. The number of piperidine rings is 1. The van der Waals surface area contributed by atoms with Crippen LogP contribution in [0.4, 0.5) is 0 Å². The Hall–Kier alpha value is -0.120. The number of aliphatic hydroxyl groups excluding tert-OH is 1. The van der Waals surface area contributed by atoms with Crippen LogP contribution in [0.25, 0.3) is 0 Å². The zero-order valence-electron chi connectivity index (χ0n) is 10.8. The molecule has 1 fully saturated rings. The van der Waals surface area contributed by atoms with E-state index in [4.69, 9.17) is 9.84 Å². The van der Waals surface area contributed by atoms with Gasteiger partial charge in [0.2, 0.25) is 0 Å². The summed E-state index contributed by atoms with van der Waals surface area (Å²) in [7, 11) is 0. The van der Waals surface area contributed by atoms with Crippen LogP contribution in [-0.2, 0) is 4.74 Å². The van der Waals surface area contributed by atoms with Crippen LogP contribution in [0.2, 0.25) is 0 Å².